The second-order valence-corrected chi connectivity index (χ2v) is 7.61. The summed E-state index contributed by atoms with van der Waals surface area (Å²) in [7, 11) is 1.51. The number of fused-ring (bicyclic) bond motifs is 1. The van der Waals surface area contributed by atoms with Crippen molar-refractivity contribution >= 4 is 11.7 Å². The summed E-state index contributed by atoms with van der Waals surface area (Å²) in [4.78, 5) is 23.7. The number of ether oxygens (including phenoxy) is 2. The van der Waals surface area contributed by atoms with E-state index in [1.54, 1.807) is 6.07 Å². The molecule has 3 atom stereocenters. The number of Topliss-reactive ketones (excluding diaryl/α,β-unsaturated/α-hetero) is 1. The van der Waals surface area contributed by atoms with Crippen LogP contribution in [0.3, 0.4) is 0 Å². The molecule has 2 N–H and O–H groups in total. The summed E-state index contributed by atoms with van der Waals surface area (Å²) in [6.45, 7) is 5.59. The summed E-state index contributed by atoms with van der Waals surface area (Å²) in [5, 5.41) is 15.6. The van der Waals surface area contributed by atoms with Gasteiger partial charge in [-0.1, -0.05) is 12.1 Å². The van der Waals surface area contributed by atoms with Crippen molar-refractivity contribution in [2.24, 2.45) is 11.8 Å². The van der Waals surface area contributed by atoms with E-state index in [0.717, 1.165) is 30.6 Å². The Balaban J connectivity index is 0.000000357. The lowest BCUT2D eigenvalue weighted by Crippen LogP contribution is -2.19. The SMILES string of the molecule is C1OCC2CC12.CNC(=O)c1cc(C(C)=O)n(C(C)c2cccc(OCCO)c2)n1. The largest absolute Gasteiger partial charge is 0.491 e. The van der Waals surface area contributed by atoms with Crippen LogP contribution in [-0.2, 0) is 4.74 Å². The minimum atomic E-state index is -0.344. The van der Waals surface area contributed by atoms with E-state index < -0.39 is 0 Å². The molecule has 3 unspecified atom stereocenters. The second kappa shape index (κ2) is 9.86. The van der Waals surface area contributed by atoms with Gasteiger partial charge in [-0.2, -0.15) is 5.10 Å². The third-order valence-corrected chi connectivity index (χ3v) is 5.36. The maximum atomic E-state index is 11.9. The molecule has 0 spiro atoms. The summed E-state index contributed by atoms with van der Waals surface area (Å²) >= 11 is 0. The van der Waals surface area contributed by atoms with Crippen molar-refractivity contribution in [2.45, 2.75) is 26.3 Å². The molecule has 2 aliphatic rings. The van der Waals surface area contributed by atoms with E-state index in [2.05, 4.69) is 10.4 Å². The van der Waals surface area contributed by atoms with Gasteiger partial charge < -0.3 is 19.9 Å². The van der Waals surface area contributed by atoms with E-state index in [0.29, 0.717) is 11.4 Å². The average Bonchev–Trinajstić information content (AvgIpc) is 3.16. The fraction of sp³-hybridized carbons (Fsp3) is 0.500. The fourth-order valence-corrected chi connectivity index (χ4v) is 3.45. The fourth-order valence-electron chi connectivity index (χ4n) is 3.45. The maximum absolute atomic E-state index is 11.9. The minimum Gasteiger partial charge on any atom is -0.491 e. The number of aromatic nitrogens is 2. The molecule has 1 aliphatic carbocycles. The summed E-state index contributed by atoms with van der Waals surface area (Å²) in [5.74, 6) is 2.09. The number of hydrogen-bond donors (Lipinski definition) is 2. The molecule has 1 aromatic heterocycles. The lowest BCUT2D eigenvalue weighted by atomic mass is 10.1. The number of amides is 1. The molecule has 0 radical (unpaired) electrons. The Labute approximate surface area is 176 Å². The van der Waals surface area contributed by atoms with Crippen LogP contribution in [0.15, 0.2) is 30.3 Å². The number of nitrogens with one attached hydrogen (secondary N) is 1. The van der Waals surface area contributed by atoms with Crippen LogP contribution in [0.2, 0.25) is 0 Å². The number of ketones is 1. The molecule has 2 aromatic rings. The smallest absolute Gasteiger partial charge is 0.271 e. The molecule has 2 heterocycles. The van der Waals surface area contributed by atoms with Gasteiger partial charge in [-0.25, -0.2) is 0 Å². The molecule has 162 valence electrons. The molecule has 2 fully saturated rings. The lowest BCUT2D eigenvalue weighted by Gasteiger charge is -2.16. The standard InChI is InChI=1S/C17H21N3O4.C5H8O/c1-11(13-5-4-6-14(9-13)24-8-7-21)20-16(12(2)22)10-15(19-20)17(23)18-3;1-4-2-6-3-5(1)4/h4-6,9-11,21H,7-8H2,1-3H3,(H,18,23);4-5H,1-3H2. The van der Waals surface area contributed by atoms with E-state index >= 15 is 0 Å². The molecule has 4 rings (SSSR count). The highest BCUT2D eigenvalue weighted by atomic mass is 16.5. The van der Waals surface area contributed by atoms with Gasteiger partial charge in [0, 0.05) is 33.3 Å². The van der Waals surface area contributed by atoms with Crippen molar-refractivity contribution in [1.82, 2.24) is 15.1 Å². The van der Waals surface area contributed by atoms with Gasteiger partial charge in [-0.15, -0.1) is 0 Å². The molecule has 8 nitrogen and oxygen atoms in total. The Bertz CT molecular complexity index is 887. The van der Waals surface area contributed by atoms with Crippen LogP contribution in [0.4, 0.5) is 0 Å². The minimum absolute atomic E-state index is 0.0666. The number of hydrogen-bond acceptors (Lipinski definition) is 6. The van der Waals surface area contributed by atoms with Crippen molar-refractivity contribution < 1.29 is 24.2 Å². The first-order chi connectivity index (χ1) is 14.4. The van der Waals surface area contributed by atoms with E-state index in [4.69, 9.17) is 14.6 Å². The second-order valence-electron chi connectivity index (χ2n) is 7.61. The van der Waals surface area contributed by atoms with E-state index in [-0.39, 0.29) is 36.6 Å². The molecule has 1 aromatic carbocycles. The predicted octanol–water partition coefficient (Wildman–Crippen LogP) is 2.08. The van der Waals surface area contributed by atoms with Crippen molar-refractivity contribution in [3.05, 3.63) is 47.3 Å². The lowest BCUT2D eigenvalue weighted by molar-refractivity contribution is 0.0955. The highest BCUT2D eigenvalue weighted by Crippen LogP contribution is 2.43. The first-order valence-corrected chi connectivity index (χ1v) is 10.2. The quantitative estimate of drug-likeness (QED) is 0.671. The number of aliphatic hydroxyl groups is 1. The van der Waals surface area contributed by atoms with Gasteiger partial charge in [0.25, 0.3) is 5.91 Å². The predicted molar refractivity (Wildman–Crippen MR) is 111 cm³/mol. The third-order valence-electron chi connectivity index (χ3n) is 5.36. The van der Waals surface area contributed by atoms with Gasteiger partial charge in [0.15, 0.2) is 11.5 Å². The third kappa shape index (κ3) is 5.25. The number of rotatable bonds is 7. The van der Waals surface area contributed by atoms with Gasteiger partial charge in [0.05, 0.1) is 12.6 Å². The van der Waals surface area contributed by atoms with Crippen LogP contribution in [0.5, 0.6) is 5.75 Å². The summed E-state index contributed by atoms with van der Waals surface area (Å²) in [5.41, 5.74) is 1.43. The van der Waals surface area contributed by atoms with Gasteiger partial charge in [-0.05, 0) is 42.9 Å². The van der Waals surface area contributed by atoms with Crippen LogP contribution in [-0.4, -0.2) is 60.1 Å². The Kier molecular flexibility index (Phi) is 7.23. The summed E-state index contributed by atoms with van der Waals surface area (Å²) < 4.78 is 12.1. The van der Waals surface area contributed by atoms with Gasteiger partial charge in [-0.3, -0.25) is 14.3 Å². The van der Waals surface area contributed by atoms with Crippen molar-refractivity contribution in [3.8, 4) is 5.75 Å². The number of carbonyl (C=O) groups is 2. The van der Waals surface area contributed by atoms with Crippen LogP contribution in [0.25, 0.3) is 0 Å². The van der Waals surface area contributed by atoms with Gasteiger partial charge in [0.2, 0.25) is 0 Å². The van der Waals surface area contributed by atoms with Crippen LogP contribution in [0, 0.1) is 11.8 Å². The highest BCUT2D eigenvalue weighted by Gasteiger charge is 2.41. The summed E-state index contributed by atoms with van der Waals surface area (Å²) in [6.07, 6.45) is 1.46. The molecule has 0 bridgehead atoms. The molecule has 8 heteroatoms. The van der Waals surface area contributed by atoms with Crippen LogP contribution in [0.1, 0.15) is 52.9 Å². The van der Waals surface area contributed by atoms with Gasteiger partial charge in [0.1, 0.15) is 18.1 Å². The molecular weight excluding hydrogens is 386 g/mol. The Hall–Kier alpha value is -2.71. The molecule has 1 saturated carbocycles. The number of aliphatic hydroxyl groups excluding tert-OH is 1. The number of carbonyl (C=O) groups excluding carboxylic acids is 2. The first-order valence-electron chi connectivity index (χ1n) is 10.2. The Morgan fingerprint density at radius 2 is 2.07 bits per heavy atom. The summed E-state index contributed by atoms with van der Waals surface area (Å²) in [6, 6.07) is 8.56. The molecule has 1 amide bonds. The molecule has 30 heavy (non-hydrogen) atoms. The van der Waals surface area contributed by atoms with Crippen LogP contribution >= 0.6 is 0 Å². The highest BCUT2D eigenvalue weighted by molar-refractivity contribution is 5.97. The average molecular weight is 415 g/mol. The van der Waals surface area contributed by atoms with Crippen molar-refractivity contribution in [1.29, 1.82) is 0 Å². The maximum Gasteiger partial charge on any atom is 0.271 e. The number of benzene rings is 1. The molecular formula is C22H29N3O5. The van der Waals surface area contributed by atoms with Crippen molar-refractivity contribution in [2.75, 3.05) is 33.5 Å². The number of nitrogens with zero attached hydrogens (tertiary/aromatic N) is 2. The Morgan fingerprint density at radius 3 is 2.60 bits per heavy atom. The van der Waals surface area contributed by atoms with E-state index in [1.807, 2.05) is 25.1 Å². The van der Waals surface area contributed by atoms with Gasteiger partial charge >= 0.3 is 0 Å². The monoisotopic (exact) mass is 415 g/mol. The Morgan fingerprint density at radius 1 is 1.33 bits per heavy atom. The van der Waals surface area contributed by atoms with Crippen LogP contribution < -0.4 is 10.1 Å². The van der Waals surface area contributed by atoms with E-state index in [1.165, 1.54) is 31.1 Å². The topological polar surface area (TPSA) is 103 Å². The zero-order valence-corrected chi connectivity index (χ0v) is 17.6. The zero-order chi connectivity index (χ0) is 21.7. The van der Waals surface area contributed by atoms with E-state index in [9.17, 15) is 9.59 Å². The normalized spacial score (nSPS) is 19.9. The van der Waals surface area contributed by atoms with Crippen molar-refractivity contribution in [3.63, 3.8) is 0 Å². The first kappa shape index (κ1) is 22.0. The molecule has 1 aliphatic heterocycles. The molecule has 1 saturated heterocycles. The zero-order valence-electron chi connectivity index (χ0n) is 17.6.